The van der Waals surface area contributed by atoms with Crippen molar-refractivity contribution in [1.82, 2.24) is 9.62 Å². The summed E-state index contributed by atoms with van der Waals surface area (Å²) in [6.07, 6.45) is 0. The number of carbonyl (C=O) groups excluding carboxylic acids is 1. The van der Waals surface area contributed by atoms with Gasteiger partial charge in [-0.25, -0.2) is 8.42 Å². The van der Waals surface area contributed by atoms with E-state index >= 15 is 0 Å². The monoisotopic (exact) mass is 361 g/mol. The van der Waals surface area contributed by atoms with Gasteiger partial charge in [-0.2, -0.15) is 4.31 Å². The van der Waals surface area contributed by atoms with E-state index in [0.29, 0.717) is 16.7 Å². The number of piperazine rings is 1. The van der Waals surface area contributed by atoms with Crippen LogP contribution in [0.3, 0.4) is 0 Å². The van der Waals surface area contributed by atoms with Crippen LogP contribution in [0, 0.1) is 0 Å². The molecule has 1 saturated heterocycles. The second-order valence-electron chi connectivity index (χ2n) is 5.08. The third-order valence-electron chi connectivity index (χ3n) is 3.34. The molecule has 6 nitrogen and oxygen atoms in total. The molecule has 1 aliphatic rings. The van der Waals surface area contributed by atoms with Crippen molar-refractivity contribution in [3.05, 3.63) is 22.7 Å². The Labute approximate surface area is 126 Å². The number of benzene rings is 1. The van der Waals surface area contributed by atoms with Crippen molar-refractivity contribution in [3.63, 3.8) is 0 Å². The van der Waals surface area contributed by atoms with Gasteiger partial charge in [-0.1, -0.05) is 0 Å². The van der Waals surface area contributed by atoms with E-state index in [-0.39, 0.29) is 17.3 Å². The Morgan fingerprint density at radius 3 is 2.65 bits per heavy atom. The number of sulfonamides is 1. The van der Waals surface area contributed by atoms with Gasteiger partial charge in [0.05, 0.1) is 4.90 Å². The summed E-state index contributed by atoms with van der Waals surface area (Å²) in [5.41, 5.74) is 5.00. The van der Waals surface area contributed by atoms with E-state index in [2.05, 4.69) is 21.2 Å². The van der Waals surface area contributed by atoms with Gasteiger partial charge < -0.3 is 11.1 Å². The average molecular weight is 362 g/mol. The first-order chi connectivity index (χ1) is 9.17. The Morgan fingerprint density at radius 2 is 2.05 bits per heavy atom. The lowest BCUT2D eigenvalue weighted by Gasteiger charge is -2.39. The minimum Gasteiger partial charge on any atom is -0.398 e. The molecule has 0 atom stereocenters. The molecule has 110 valence electrons. The normalized spacial score (nSPS) is 19.6. The fourth-order valence-electron chi connectivity index (χ4n) is 2.10. The van der Waals surface area contributed by atoms with Gasteiger partial charge in [-0.15, -0.1) is 0 Å². The van der Waals surface area contributed by atoms with Crippen LogP contribution in [0.2, 0.25) is 0 Å². The fourth-order valence-corrected chi connectivity index (χ4v) is 4.40. The number of amides is 1. The summed E-state index contributed by atoms with van der Waals surface area (Å²) >= 11 is 3.22. The smallest absolute Gasteiger partial charge is 0.244 e. The first-order valence-electron chi connectivity index (χ1n) is 6.03. The van der Waals surface area contributed by atoms with Crippen molar-refractivity contribution < 1.29 is 13.2 Å². The van der Waals surface area contributed by atoms with Crippen molar-refractivity contribution in [2.24, 2.45) is 0 Å². The zero-order chi connectivity index (χ0) is 15.1. The number of anilines is 1. The molecule has 20 heavy (non-hydrogen) atoms. The summed E-state index contributed by atoms with van der Waals surface area (Å²) in [5, 5.41) is 2.67. The third kappa shape index (κ3) is 2.43. The molecule has 2 rings (SSSR count). The van der Waals surface area contributed by atoms with Gasteiger partial charge in [0.2, 0.25) is 15.9 Å². The Morgan fingerprint density at radius 1 is 1.40 bits per heavy atom. The van der Waals surface area contributed by atoms with Crippen molar-refractivity contribution >= 4 is 37.5 Å². The summed E-state index contributed by atoms with van der Waals surface area (Å²) in [6, 6.07) is 4.42. The number of nitrogens with zero attached hydrogens (tertiary/aromatic N) is 1. The number of halogens is 1. The van der Waals surface area contributed by atoms with Crippen LogP contribution in [0.4, 0.5) is 5.69 Å². The van der Waals surface area contributed by atoms with Crippen LogP contribution in [0.5, 0.6) is 0 Å². The number of nitrogens with two attached hydrogens (primary N) is 1. The van der Waals surface area contributed by atoms with Crippen molar-refractivity contribution in [2.45, 2.75) is 24.3 Å². The molecule has 8 heteroatoms. The van der Waals surface area contributed by atoms with Crippen molar-refractivity contribution in [2.75, 3.05) is 18.8 Å². The summed E-state index contributed by atoms with van der Waals surface area (Å²) in [6.45, 7) is 3.72. The Balaban J connectivity index is 2.49. The molecule has 0 bridgehead atoms. The van der Waals surface area contributed by atoms with Crippen LogP contribution in [0.25, 0.3) is 0 Å². The number of rotatable bonds is 2. The lowest BCUT2D eigenvalue weighted by Crippen LogP contribution is -2.63. The zero-order valence-corrected chi connectivity index (χ0v) is 13.6. The maximum Gasteiger partial charge on any atom is 0.244 e. The second kappa shape index (κ2) is 5.01. The number of hydrogen-bond acceptors (Lipinski definition) is 4. The molecule has 1 amide bonds. The SMILES string of the molecule is CC1(C)C(=O)NCCN1S(=O)(=O)c1ccc(N)c(Br)c1. The molecule has 0 aliphatic carbocycles. The Hall–Kier alpha value is -1.12. The standard InChI is InChI=1S/C12H16BrN3O3S/c1-12(2)11(17)15-5-6-16(12)20(18,19)8-3-4-10(14)9(13)7-8/h3-4,7H,5-6,14H2,1-2H3,(H,15,17). The summed E-state index contributed by atoms with van der Waals surface area (Å²) in [4.78, 5) is 12.0. The molecule has 0 radical (unpaired) electrons. The van der Waals surface area contributed by atoms with Gasteiger partial charge in [0, 0.05) is 23.2 Å². The minimum absolute atomic E-state index is 0.112. The quantitative estimate of drug-likeness (QED) is 0.766. The molecular weight excluding hydrogens is 346 g/mol. The van der Waals surface area contributed by atoms with E-state index in [9.17, 15) is 13.2 Å². The molecule has 0 aromatic heterocycles. The van der Waals surface area contributed by atoms with Crippen LogP contribution in [-0.4, -0.2) is 37.3 Å². The van der Waals surface area contributed by atoms with E-state index < -0.39 is 15.6 Å². The molecule has 0 saturated carbocycles. The molecule has 0 spiro atoms. The highest BCUT2D eigenvalue weighted by molar-refractivity contribution is 9.10. The van der Waals surface area contributed by atoms with Gasteiger partial charge in [-0.05, 0) is 48.0 Å². The number of hydrogen-bond donors (Lipinski definition) is 2. The maximum atomic E-state index is 12.7. The van der Waals surface area contributed by atoms with Crippen LogP contribution < -0.4 is 11.1 Å². The minimum atomic E-state index is -3.75. The summed E-state index contributed by atoms with van der Waals surface area (Å²) in [5.74, 6) is -0.304. The third-order valence-corrected chi connectivity index (χ3v) is 6.10. The number of carbonyl (C=O) groups is 1. The number of nitrogen functional groups attached to an aromatic ring is 1. The van der Waals surface area contributed by atoms with Gasteiger partial charge >= 0.3 is 0 Å². The van der Waals surface area contributed by atoms with Crippen LogP contribution in [0.15, 0.2) is 27.6 Å². The van der Waals surface area contributed by atoms with Crippen molar-refractivity contribution in [3.8, 4) is 0 Å². The predicted octanol–water partition coefficient (Wildman–Crippen LogP) is 0.930. The maximum absolute atomic E-state index is 12.7. The summed E-state index contributed by atoms with van der Waals surface area (Å²) < 4.78 is 27.1. The van der Waals surface area contributed by atoms with E-state index in [1.165, 1.54) is 22.5 Å². The predicted molar refractivity (Wildman–Crippen MR) is 79.5 cm³/mol. The lowest BCUT2D eigenvalue weighted by atomic mass is 10.0. The van der Waals surface area contributed by atoms with Gasteiger partial charge in [0.25, 0.3) is 0 Å². The van der Waals surface area contributed by atoms with E-state index in [0.717, 1.165) is 0 Å². The van der Waals surface area contributed by atoms with E-state index in [1.807, 2.05) is 0 Å². The topological polar surface area (TPSA) is 92.5 Å². The first kappa shape index (κ1) is 15.3. The second-order valence-corrected chi connectivity index (χ2v) is 7.79. The van der Waals surface area contributed by atoms with Crippen molar-refractivity contribution in [1.29, 1.82) is 0 Å². The Bertz CT molecular complexity index is 658. The van der Waals surface area contributed by atoms with Gasteiger partial charge in [0.1, 0.15) is 5.54 Å². The van der Waals surface area contributed by atoms with Gasteiger partial charge in [-0.3, -0.25) is 4.79 Å². The molecular formula is C12H16BrN3O3S. The first-order valence-corrected chi connectivity index (χ1v) is 8.27. The highest BCUT2D eigenvalue weighted by atomic mass is 79.9. The largest absolute Gasteiger partial charge is 0.398 e. The van der Waals surface area contributed by atoms with E-state index in [4.69, 9.17) is 5.73 Å². The zero-order valence-electron chi connectivity index (χ0n) is 11.2. The highest BCUT2D eigenvalue weighted by Gasteiger charge is 2.44. The summed E-state index contributed by atoms with van der Waals surface area (Å²) in [7, 11) is -3.75. The van der Waals surface area contributed by atoms with Gasteiger partial charge in [0.15, 0.2) is 0 Å². The van der Waals surface area contributed by atoms with Crippen LogP contribution >= 0.6 is 15.9 Å². The molecule has 0 unspecified atom stereocenters. The fraction of sp³-hybridized carbons (Fsp3) is 0.417. The molecule has 1 aliphatic heterocycles. The lowest BCUT2D eigenvalue weighted by molar-refractivity contribution is -0.131. The molecule has 1 aromatic carbocycles. The van der Waals surface area contributed by atoms with Crippen LogP contribution in [0.1, 0.15) is 13.8 Å². The molecule has 3 N–H and O–H groups in total. The molecule has 1 heterocycles. The molecule has 1 fully saturated rings. The van der Waals surface area contributed by atoms with Crippen LogP contribution in [-0.2, 0) is 14.8 Å². The average Bonchev–Trinajstić information content (AvgIpc) is 2.35. The Kier molecular flexibility index (Phi) is 3.83. The molecule has 1 aromatic rings. The number of nitrogens with one attached hydrogen (secondary N) is 1. The highest BCUT2D eigenvalue weighted by Crippen LogP contribution is 2.29. The van der Waals surface area contributed by atoms with E-state index in [1.54, 1.807) is 13.8 Å².